The van der Waals surface area contributed by atoms with Gasteiger partial charge in [0.2, 0.25) is 5.91 Å². The Hall–Kier alpha value is -0.650. The summed E-state index contributed by atoms with van der Waals surface area (Å²) < 4.78 is 0. The lowest BCUT2D eigenvalue weighted by Gasteiger charge is -2.21. The van der Waals surface area contributed by atoms with Gasteiger partial charge in [0.15, 0.2) is 0 Å². The Kier molecular flexibility index (Phi) is 7.29. The zero-order valence-electron chi connectivity index (χ0n) is 9.91. The minimum Gasteiger partial charge on any atom is -0.374 e. The maximum atomic E-state index is 11.6. The standard InChI is InChI=1S/C10H22N2O3/c1-5-6-7(2)9(13)11-8(3)10(14)12-15-4/h7-8,10,12,14H,5-6H2,1-4H3,(H,11,13)/t7-,8?,10?/m1/s1. The molecule has 0 saturated carbocycles. The van der Waals surface area contributed by atoms with Crippen molar-refractivity contribution in [3.8, 4) is 0 Å². The van der Waals surface area contributed by atoms with Gasteiger partial charge in [-0.3, -0.25) is 4.79 Å². The van der Waals surface area contributed by atoms with Crippen LogP contribution in [0.15, 0.2) is 0 Å². The van der Waals surface area contributed by atoms with Crippen LogP contribution in [0, 0.1) is 5.92 Å². The molecule has 3 N–H and O–H groups in total. The monoisotopic (exact) mass is 218 g/mol. The van der Waals surface area contributed by atoms with Crippen molar-refractivity contribution in [2.24, 2.45) is 5.92 Å². The second-order valence-corrected chi connectivity index (χ2v) is 3.75. The Morgan fingerprint density at radius 3 is 2.53 bits per heavy atom. The number of hydrogen-bond acceptors (Lipinski definition) is 4. The number of amides is 1. The van der Waals surface area contributed by atoms with Gasteiger partial charge in [0, 0.05) is 5.92 Å². The number of rotatable bonds is 7. The van der Waals surface area contributed by atoms with E-state index in [1.165, 1.54) is 7.11 Å². The summed E-state index contributed by atoms with van der Waals surface area (Å²) in [5.41, 5.74) is 2.36. The Bertz CT molecular complexity index is 188. The van der Waals surface area contributed by atoms with E-state index in [9.17, 15) is 9.90 Å². The number of aliphatic hydroxyl groups is 1. The molecule has 0 aliphatic rings. The summed E-state index contributed by atoms with van der Waals surface area (Å²) in [6.07, 6.45) is 0.932. The normalized spacial score (nSPS) is 16.9. The second kappa shape index (κ2) is 7.62. The molecule has 0 radical (unpaired) electrons. The summed E-state index contributed by atoms with van der Waals surface area (Å²) in [5.74, 6) is -0.0616. The lowest BCUT2D eigenvalue weighted by molar-refractivity contribution is -0.127. The van der Waals surface area contributed by atoms with E-state index in [2.05, 4.69) is 15.6 Å². The van der Waals surface area contributed by atoms with Gasteiger partial charge in [-0.15, -0.1) is 0 Å². The summed E-state index contributed by atoms with van der Waals surface area (Å²) in [7, 11) is 1.41. The zero-order valence-corrected chi connectivity index (χ0v) is 9.91. The van der Waals surface area contributed by atoms with Crippen molar-refractivity contribution in [1.82, 2.24) is 10.8 Å². The highest BCUT2D eigenvalue weighted by Gasteiger charge is 2.19. The summed E-state index contributed by atoms with van der Waals surface area (Å²) in [6.45, 7) is 5.63. The van der Waals surface area contributed by atoms with E-state index in [1.807, 2.05) is 13.8 Å². The average Bonchev–Trinajstić information content (AvgIpc) is 2.18. The number of hydrogen-bond donors (Lipinski definition) is 3. The zero-order chi connectivity index (χ0) is 11.8. The van der Waals surface area contributed by atoms with Crippen molar-refractivity contribution in [1.29, 1.82) is 0 Å². The van der Waals surface area contributed by atoms with Gasteiger partial charge in [-0.1, -0.05) is 20.3 Å². The molecule has 90 valence electrons. The van der Waals surface area contributed by atoms with E-state index in [1.54, 1.807) is 6.92 Å². The quantitative estimate of drug-likeness (QED) is 0.427. The van der Waals surface area contributed by atoms with Crippen LogP contribution < -0.4 is 10.8 Å². The maximum Gasteiger partial charge on any atom is 0.223 e. The smallest absolute Gasteiger partial charge is 0.223 e. The molecule has 1 amide bonds. The topological polar surface area (TPSA) is 70.6 Å². The third-order valence-electron chi connectivity index (χ3n) is 2.25. The Morgan fingerprint density at radius 1 is 1.47 bits per heavy atom. The van der Waals surface area contributed by atoms with E-state index in [-0.39, 0.29) is 17.9 Å². The van der Waals surface area contributed by atoms with Crippen molar-refractivity contribution in [3.63, 3.8) is 0 Å². The predicted octanol–water partition coefficient (Wildman–Crippen LogP) is 0.397. The molecule has 0 fully saturated rings. The fraction of sp³-hybridized carbons (Fsp3) is 0.900. The Labute approximate surface area is 91.1 Å². The third-order valence-corrected chi connectivity index (χ3v) is 2.25. The first-order valence-electron chi connectivity index (χ1n) is 5.29. The van der Waals surface area contributed by atoms with Gasteiger partial charge >= 0.3 is 0 Å². The predicted molar refractivity (Wildman–Crippen MR) is 57.8 cm³/mol. The van der Waals surface area contributed by atoms with Gasteiger partial charge in [-0.2, -0.15) is 5.48 Å². The number of carbonyl (C=O) groups is 1. The van der Waals surface area contributed by atoms with Gasteiger partial charge in [0.05, 0.1) is 13.2 Å². The number of carbonyl (C=O) groups excluding carboxylic acids is 1. The number of aliphatic hydroxyl groups excluding tert-OH is 1. The molecule has 0 aromatic rings. The van der Waals surface area contributed by atoms with Crippen LogP contribution in [0.2, 0.25) is 0 Å². The second-order valence-electron chi connectivity index (χ2n) is 3.75. The highest BCUT2D eigenvalue weighted by atomic mass is 16.7. The van der Waals surface area contributed by atoms with Gasteiger partial charge in [-0.25, -0.2) is 0 Å². The fourth-order valence-corrected chi connectivity index (χ4v) is 1.23. The lowest BCUT2D eigenvalue weighted by Crippen LogP contribution is -2.49. The van der Waals surface area contributed by atoms with Crippen molar-refractivity contribution in [2.75, 3.05) is 7.11 Å². The first kappa shape index (κ1) is 14.3. The van der Waals surface area contributed by atoms with E-state index in [0.29, 0.717) is 0 Å². The van der Waals surface area contributed by atoms with Crippen LogP contribution >= 0.6 is 0 Å². The first-order valence-corrected chi connectivity index (χ1v) is 5.29. The van der Waals surface area contributed by atoms with Crippen molar-refractivity contribution in [2.45, 2.75) is 45.9 Å². The molecule has 0 aliphatic heterocycles. The average molecular weight is 218 g/mol. The Balaban J connectivity index is 3.94. The fourth-order valence-electron chi connectivity index (χ4n) is 1.23. The van der Waals surface area contributed by atoms with Crippen LogP contribution in [0.4, 0.5) is 0 Å². The minimum absolute atomic E-state index is 0.0211. The summed E-state index contributed by atoms with van der Waals surface area (Å²) >= 11 is 0. The third kappa shape index (κ3) is 5.71. The van der Waals surface area contributed by atoms with Crippen LogP contribution in [0.3, 0.4) is 0 Å². The maximum absolute atomic E-state index is 11.6. The van der Waals surface area contributed by atoms with Gasteiger partial charge in [0.1, 0.15) is 6.23 Å². The molecule has 0 aromatic heterocycles. The van der Waals surface area contributed by atoms with Crippen molar-refractivity contribution >= 4 is 5.91 Å². The Morgan fingerprint density at radius 2 is 2.07 bits per heavy atom. The van der Waals surface area contributed by atoms with E-state index in [4.69, 9.17) is 0 Å². The van der Waals surface area contributed by atoms with E-state index in [0.717, 1.165) is 12.8 Å². The summed E-state index contributed by atoms with van der Waals surface area (Å²) in [4.78, 5) is 16.1. The van der Waals surface area contributed by atoms with Gasteiger partial charge < -0.3 is 15.3 Å². The molecule has 5 heteroatoms. The van der Waals surface area contributed by atoms with Crippen molar-refractivity contribution < 1.29 is 14.7 Å². The molecule has 0 rings (SSSR count). The molecular weight excluding hydrogens is 196 g/mol. The first-order chi connectivity index (χ1) is 7.02. The summed E-state index contributed by atoms with van der Waals surface area (Å²) in [6, 6.07) is -0.378. The van der Waals surface area contributed by atoms with Crippen LogP contribution in [-0.4, -0.2) is 30.4 Å². The molecule has 15 heavy (non-hydrogen) atoms. The molecule has 3 atom stereocenters. The molecule has 0 aliphatic carbocycles. The van der Waals surface area contributed by atoms with Crippen molar-refractivity contribution in [3.05, 3.63) is 0 Å². The lowest BCUT2D eigenvalue weighted by atomic mass is 10.1. The minimum atomic E-state index is -0.896. The highest BCUT2D eigenvalue weighted by molar-refractivity contribution is 5.78. The van der Waals surface area contributed by atoms with Crippen LogP contribution in [0.1, 0.15) is 33.6 Å². The molecule has 0 saturated heterocycles. The van der Waals surface area contributed by atoms with E-state index < -0.39 is 6.23 Å². The molecule has 0 aromatic carbocycles. The SMILES string of the molecule is CCC[C@@H](C)C(=O)NC(C)C(O)NOC. The molecule has 5 nitrogen and oxygen atoms in total. The van der Waals surface area contributed by atoms with Gasteiger partial charge in [-0.05, 0) is 13.3 Å². The van der Waals surface area contributed by atoms with Gasteiger partial charge in [0.25, 0.3) is 0 Å². The van der Waals surface area contributed by atoms with Crippen LogP contribution in [0.25, 0.3) is 0 Å². The van der Waals surface area contributed by atoms with Crippen LogP contribution in [-0.2, 0) is 9.63 Å². The summed E-state index contributed by atoms with van der Waals surface area (Å²) in [5, 5.41) is 12.1. The largest absolute Gasteiger partial charge is 0.374 e. The van der Waals surface area contributed by atoms with Crippen LogP contribution in [0.5, 0.6) is 0 Å². The molecule has 0 spiro atoms. The molecule has 2 unspecified atom stereocenters. The number of nitrogens with one attached hydrogen (secondary N) is 2. The molecule has 0 heterocycles. The number of hydroxylamine groups is 1. The molecule has 0 bridgehead atoms. The van der Waals surface area contributed by atoms with E-state index >= 15 is 0 Å². The molecular formula is C10H22N2O3. The highest BCUT2D eigenvalue weighted by Crippen LogP contribution is 2.05.